The Kier molecular flexibility index (Phi) is 4.77. The Morgan fingerprint density at radius 2 is 1.86 bits per heavy atom. The van der Waals surface area contributed by atoms with Gasteiger partial charge in [-0.25, -0.2) is 0 Å². The van der Waals surface area contributed by atoms with Gasteiger partial charge in [0.15, 0.2) is 0 Å². The molecule has 4 nitrogen and oxygen atoms in total. The molecule has 0 unspecified atom stereocenters. The lowest BCUT2D eigenvalue weighted by atomic mass is 10.1. The predicted molar refractivity (Wildman–Crippen MR) is 77.0 cm³/mol. The number of nitrogens with zero attached hydrogens (tertiary/aromatic N) is 2. The van der Waals surface area contributed by atoms with E-state index in [0.29, 0.717) is 11.3 Å². The van der Waals surface area contributed by atoms with E-state index in [1.54, 1.807) is 18.2 Å². The van der Waals surface area contributed by atoms with Crippen LogP contribution in [0.4, 0.5) is 18.9 Å². The summed E-state index contributed by atoms with van der Waals surface area (Å²) >= 11 is 3.27. The van der Waals surface area contributed by atoms with Crippen molar-refractivity contribution in [2.24, 2.45) is 0 Å². The van der Waals surface area contributed by atoms with Crippen LogP contribution in [0.3, 0.4) is 0 Å². The van der Waals surface area contributed by atoms with E-state index in [0.717, 1.165) is 4.47 Å². The van der Waals surface area contributed by atoms with E-state index in [2.05, 4.69) is 15.9 Å². The molecular formula is C13H15BrF3N3O. The van der Waals surface area contributed by atoms with E-state index in [4.69, 9.17) is 5.73 Å². The Balaban J connectivity index is 1.99. The number of amides is 1. The van der Waals surface area contributed by atoms with Crippen LogP contribution in [0.25, 0.3) is 0 Å². The third-order valence-electron chi connectivity index (χ3n) is 3.31. The van der Waals surface area contributed by atoms with Gasteiger partial charge < -0.3 is 10.6 Å². The van der Waals surface area contributed by atoms with Crippen LogP contribution in [0.2, 0.25) is 0 Å². The monoisotopic (exact) mass is 365 g/mol. The maximum atomic E-state index is 12.3. The van der Waals surface area contributed by atoms with E-state index in [9.17, 15) is 18.0 Å². The standard InChI is InChI=1S/C13H15BrF3N3O/c14-9-1-2-11(18)10(7-9)12(21)20-5-3-19(4-6-20)8-13(15,16)17/h1-2,7H,3-6,8,18H2. The number of alkyl halides is 3. The number of benzene rings is 1. The molecule has 21 heavy (non-hydrogen) atoms. The van der Waals surface area contributed by atoms with Crippen LogP contribution in [0.1, 0.15) is 10.4 Å². The molecule has 1 amide bonds. The molecule has 1 aromatic rings. The van der Waals surface area contributed by atoms with Crippen LogP contribution in [-0.2, 0) is 0 Å². The van der Waals surface area contributed by atoms with E-state index in [1.807, 2.05) is 0 Å². The van der Waals surface area contributed by atoms with Crippen molar-refractivity contribution in [3.8, 4) is 0 Å². The van der Waals surface area contributed by atoms with Crippen molar-refractivity contribution < 1.29 is 18.0 Å². The molecule has 1 fully saturated rings. The Morgan fingerprint density at radius 1 is 1.24 bits per heavy atom. The lowest BCUT2D eigenvalue weighted by Crippen LogP contribution is -2.51. The quantitative estimate of drug-likeness (QED) is 0.818. The van der Waals surface area contributed by atoms with E-state index in [-0.39, 0.29) is 32.1 Å². The first-order chi connectivity index (χ1) is 9.76. The fourth-order valence-corrected chi connectivity index (χ4v) is 2.61. The molecule has 1 aliphatic heterocycles. The SMILES string of the molecule is Nc1ccc(Br)cc1C(=O)N1CCN(CC(F)(F)F)CC1. The van der Waals surface area contributed by atoms with Gasteiger partial charge in [0.25, 0.3) is 5.91 Å². The number of nitrogens with two attached hydrogens (primary N) is 1. The summed E-state index contributed by atoms with van der Waals surface area (Å²) < 4.78 is 37.7. The molecule has 0 bridgehead atoms. The van der Waals surface area contributed by atoms with Crippen molar-refractivity contribution in [2.75, 3.05) is 38.5 Å². The minimum Gasteiger partial charge on any atom is -0.398 e. The van der Waals surface area contributed by atoms with Gasteiger partial charge in [-0.3, -0.25) is 9.69 Å². The molecule has 0 aromatic heterocycles. The van der Waals surface area contributed by atoms with E-state index >= 15 is 0 Å². The summed E-state index contributed by atoms with van der Waals surface area (Å²) in [6.07, 6.45) is -4.21. The molecule has 2 N–H and O–H groups in total. The molecule has 0 saturated carbocycles. The van der Waals surface area contributed by atoms with Crippen LogP contribution in [0.15, 0.2) is 22.7 Å². The molecule has 1 heterocycles. The topological polar surface area (TPSA) is 49.6 Å². The van der Waals surface area contributed by atoms with Gasteiger partial charge in [0.2, 0.25) is 0 Å². The van der Waals surface area contributed by atoms with Gasteiger partial charge in [-0.2, -0.15) is 13.2 Å². The molecule has 2 rings (SSSR count). The van der Waals surface area contributed by atoms with Crippen LogP contribution in [0, 0.1) is 0 Å². The van der Waals surface area contributed by atoms with Crippen molar-refractivity contribution in [1.29, 1.82) is 0 Å². The normalized spacial score (nSPS) is 17.0. The fourth-order valence-electron chi connectivity index (χ4n) is 2.25. The van der Waals surface area contributed by atoms with E-state index < -0.39 is 12.7 Å². The van der Waals surface area contributed by atoms with Crippen molar-refractivity contribution in [3.63, 3.8) is 0 Å². The Labute approximate surface area is 128 Å². The predicted octanol–water partition coefficient (Wildman–Crippen LogP) is 2.35. The summed E-state index contributed by atoms with van der Waals surface area (Å²) in [6.45, 7) is 0.00804. The Hall–Kier alpha value is -1.28. The lowest BCUT2D eigenvalue weighted by molar-refractivity contribution is -0.148. The average Bonchev–Trinajstić information content (AvgIpc) is 2.40. The first kappa shape index (κ1) is 16.1. The van der Waals surface area contributed by atoms with Gasteiger partial charge in [0.1, 0.15) is 0 Å². The highest BCUT2D eigenvalue weighted by molar-refractivity contribution is 9.10. The van der Waals surface area contributed by atoms with Gasteiger partial charge in [-0.05, 0) is 18.2 Å². The summed E-state index contributed by atoms with van der Waals surface area (Å²) in [4.78, 5) is 15.2. The molecule has 1 aliphatic rings. The molecular weight excluding hydrogens is 351 g/mol. The molecule has 0 atom stereocenters. The zero-order valence-corrected chi connectivity index (χ0v) is 12.7. The summed E-state index contributed by atoms with van der Waals surface area (Å²) in [5, 5.41) is 0. The van der Waals surface area contributed by atoms with Crippen molar-refractivity contribution in [2.45, 2.75) is 6.18 Å². The van der Waals surface area contributed by atoms with Gasteiger partial charge in [-0.1, -0.05) is 15.9 Å². The highest BCUT2D eigenvalue weighted by atomic mass is 79.9. The Bertz CT molecular complexity index is 528. The smallest absolute Gasteiger partial charge is 0.398 e. The van der Waals surface area contributed by atoms with Crippen LogP contribution in [0.5, 0.6) is 0 Å². The molecule has 0 aliphatic carbocycles. The number of hydrogen-bond donors (Lipinski definition) is 1. The van der Waals surface area contributed by atoms with Gasteiger partial charge >= 0.3 is 6.18 Å². The van der Waals surface area contributed by atoms with Crippen molar-refractivity contribution >= 4 is 27.5 Å². The van der Waals surface area contributed by atoms with Gasteiger partial charge in [-0.15, -0.1) is 0 Å². The second-order valence-corrected chi connectivity index (χ2v) is 5.83. The maximum absolute atomic E-state index is 12.3. The zero-order chi connectivity index (χ0) is 15.6. The number of carbonyl (C=O) groups excluding carboxylic acids is 1. The minimum atomic E-state index is -4.21. The number of carbonyl (C=O) groups is 1. The van der Waals surface area contributed by atoms with Gasteiger partial charge in [0, 0.05) is 36.3 Å². The van der Waals surface area contributed by atoms with Crippen molar-refractivity contribution in [3.05, 3.63) is 28.2 Å². The molecule has 0 radical (unpaired) electrons. The second kappa shape index (κ2) is 6.23. The highest BCUT2D eigenvalue weighted by Crippen LogP contribution is 2.22. The third-order valence-corrected chi connectivity index (χ3v) is 3.80. The number of rotatable bonds is 2. The highest BCUT2D eigenvalue weighted by Gasteiger charge is 2.33. The molecule has 1 saturated heterocycles. The van der Waals surface area contributed by atoms with Crippen LogP contribution >= 0.6 is 15.9 Å². The van der Waals surface area contributed by atoms with E-state index in [1.165, 1.54) is 9.80 Å². The van der Waals surface area contributed by atoms with Crippen LogP contribution < -0.4 is 5.73 Å². The summed E-state index contributed by atoms with van der Waals surface area (Å²) in [7, 11) is 0. The fraction of sp³-hybridized carbons (Fsp3) is 0.462. The summed E-state index contributed by atoms with van der Waals surface area (Å²) in [5.41, 5.74) is 6.51. The molecule has 8 heteroatoms. The first-order valence-corrected chi connectivity index (χ1v) is 7.19. The molecule has 116 valence electrons. The zero-order valence-electron chi connectivity index (χ0n) is 11.2. The molecule has 1 aromatic carbocycles. The summed E-state index contributed by atoms with van der Waals surface area (Å²) in [6, 6.07) is 4.98. The summed E-state index contributed by atoms with van der Waals surface area (Å²) in [5.74, 6) is -0.250. The van der Waals surface area contributed by atoms with Crippen molar-refractivity contribution in [1.82, 2.24) is 9.80 Å². The maximum Gasteiger partial charge on any atom is 0.401 e. The number of anilines is 1. The van der Waals surface area contributed by atoms with Gasteiger partial charge in [0.05, 0.1) is 12.1 Å². The second-order valence-electron chi connectivity index (χ2n) is 4.92. The third kappa shape index (κ3) is 4.34. The average molecular weight is 366 g/mol. The Morgan fingerprint density at radius 3 is 2.43 bits per heavy atom. The number of piperazine rings is 1. The largest absolute Gasteiger partial charge is 0.401 e. The molecule has 0 spiro atoms. The lowest BCUT2D eigenvalue weighted by Gasteiger charge is -2.35. The minimum absolute atomic E-state index is 0.207. The van der Waals surface area contributed by atoms with Crippen LogP contribution in [-0.4, -0.2) is 54.6 Å². The number of hydrogen-bond acceptors (Lipinski definition) is 3. The first-order valence-electron chi connectivity index (χ1n) is 6.40. The number of nitrogen functional groups attached to an aromatic ring is 1. The number of halogens is 4.